The predicted octanol–water partition coefficient (Wildman–Crippen LogP) is 1.74. The highest BCUT2D eigenvalue weighted by molar-refractivity contribution is 5.84. The largest absolute Gasteiger partial charge is 0.361 e. The number of nitrogens with two attached hydrogens (primary N) is 1. The number of H-pyrrole nitrogens is 1. The number of hydrogen-bond acceptors (Lipinski definition) is 2. The molecule has 1 aromatic carbocycles. The fraction of sp³-hybridized carbons (Fsp3) is 0.250. The van der Waals surface area contributed by atoms with Crippen molar-refractivity contribution in [1.82, 2.24) is 4.98 Å². The molecule has 2 aromatic rings. The molecule has 0 bridgehead atoms. The molecule has 1 aromatic heterocycles. The first-order valence-corrected chi connectivity index (χ1v) is 5.01. The first-order chi connectivity index (χ1) is 7.35. The fourth-order valence-corrected chi connectivity index (χ4v) is 1.79. The summed E-state index contributed by atoms with van der Waals surface area (Å²) in [6, 6.07) is 8.22. The standard InChI is InChI=1S/C12H13N3/c13-5-3-9-1-2-12-11(7-9)10(4-6-14)8-15-12/h1-2,7-8,15H,3-4,6,14H2. The number of fused-ring (bicyclic) bond motifs is 1. The third kappa shape index (κ3) is 1.85. The van der Waals surface area contributed by atoms with Gasteiger partial charge in [0.2, 0.25) is 0 Å². The van der Waals surface area contributed by atoms with Crippen molar-refractivity contribution >= 4 is 10.9 Å². The van der Waals surface area contributed by atoms with Gasteiger partial charge in [-0.05, 0) is 36.2 Å². The maximum absolute atomic E-state index is 8.64. The maximum atomic E-state index is 8.64. The Labute approximate surface area is 88.5 Å². The van der Waals surface area contributed by atoms with Gasteiger partial charge >= 0.3 is 0 Å². The van der Waals surface area contributed by atoms with E-state index in [1.54, 1.807) is 0 Å². The normalized spacial score (nSPS) is 10.4. The molecule has 1 heterocycles. The zero-order chi connectivity index (χ0) is 10.7. The van der Waals surface area contributed by atoms with Crippen LogP contribution in [0.2, 0.25) is 0 Å². The second-order valence-electron chi connectivity index (χ2n) is 3.57. The number of nitrogens with one attached hydrogen (secondary N) is 1. The molecule has 3 heteroatoms. The molecule has 15 heavy (non-hydrogen) atoms. The van der Waals surface area contributed by atoms with Crippen LogP contribution in [0.25, 0.3) is 10.9 Å². The lowest BCUT2D eigenvalue weighted by Crippen LogP contribution is -2.01. The highest BCUT2D eigenvalue weighted by atomic mass is 14.7. The molecular weight excluding hydrogens is 186 g/mol. The Kier molecular flexibility index (Phi) is 2.70. The molecule has 2 rings (SSSR count). The Morgan fingerprint density at radius 3 is 3.00 bits per heavy atom. The van der Waals surface area contributed by atoms with Gasteiger partial charge in [-0.2, -0.15) is 5.26 Å². The first-order valence-electron chi connectivity index (χ1n) is 5.01. The molecule has 0 atom stereocenters. The van der Waals surface area contributed by atoms with Gasteiger partial charge in [0.05, 0.1) is 12.5 Å². The minimum atomic E-state index is 0.461. The zero-order valence-electron chi connectivity index (χ0n) is 8.46. The van der Waals surface area contributed by atoms with Gasteiger partial charge in [-0.1, -0.05) is 6.07 Å². The average Bonchev–Trinajstić information content (AvgIpc) is 2.63. The molecule has 0 amide bonds. The average molecular weight is 199 g/mol. The first kappa shape index (κ1) is 9.75. The Bertz CT molecular complexity index is 505. The van der Waals surface area contributed by atoms with Crippen molar-refractivity contribution in [3.63, 3.8) is 0 Å². The summed E-state index contributed by atoms with van der Waals surface area (Å²) in [6.45, 7) is 0.648. The summed E-state index contributed by atoms with van der Waals surface area (Å²) >= 11 is 0. The van der Waals surface area contributed by atoms with Crippen molar-refractivity contribution in [3.8, 4) is 6.07 Å². The summed E-state index contributed by atoms with van der Waals surface area (Å²) in [6.07, 6.45) is 3.33. The monoisotopic (exact) mass is 199 g/mol. The summed E-state index contributed by atoms with van der Waals surface area (Å²) in [5, 5.41) is 9.83. The van der Waals surface area contributed by atoms with Crippen LogP contribution in [0.4, 0.5) is 0 Å². The zero-order valence-corrected chi connectivity index (χ0v) is 8.46. The van der Waals surface area contributed by atoms with Crippen LogP contribution in [0, 0.1) is 11.3 Å². The van der Waals surface area contributed by atoms with Crippen LogP contribution in [-0.2, 0) is 12.8 Å². The third-order valence-corrected chi connectivity index (χ3v) is 2.53. The summed E-state index contributed by atoms with van der Waals surface area (Å²) in [4.78, 5) is 3.20. The van der Waals surface area contributed by atoms with Crippen molar-refractivity contribution in [2.75, 3.05) is 6.54 Å². The summed E-state index contributed by atoms with van der Waals surface area (Å²) in [5.74, 6) is 0. The second-order valence-corrected chi connectivity index (χ2v) is 3.57. The van der Waals surface area contributed by atoms with E-state index in [1.165, 1.54) is 10.9 Å². The van der Waals surface area contributed by atoms with Crippen LogP contribution in [0.5, 0.6) is 0 Å². The van der Waals surface area contributed by atoms with Crippen LogP contribution in [0.15, 0.2) is 24.4 Å². The number of benzene rings is 1. The van der Waals surface area contributed by atoms with Crippen molar-refractivity contribution in [1.29, 1.82) is 5.26 Å². The number of aromatic amines is 1. The molecule has 0 radical (unpaired) electrons. The number of nitriles is 1. The van der Waals surface area contributed by atoms with Gasteiger partial charge in [0.15, 0.2) is 0 Å². The molecule has 0 aliphatic rings. The molecule has 0 spiro atoms. The quantitative estimate of drug-likeness (QED) is 0.790. The highest BCUT2D eigenvalue weighted by Gasteiger charge is 2.03. The lowest BCUT2D eigenvalue weighted by atomic mass is 10.1. The molecule has 0 aliphatic carbocycles. The smallest absolute Gasteiger partial charge is 0.0669 e. The Balaban J connectivity index is 2.47. The summed E-state index contributed by atoms with van der Waals surface area (Å²) in [7, 11) is 0. The SMILES string of the molecule is N#CCc1ccc2[nH]cc(CCN)c2c1. The number of rotatable bonds is 3. The van der Waals surface area contributed by atoms with Crippen LogP contribution >= 0.6 is 0 Å². The van der Waals surface area contributed by atoms with E-state index in [2.05, 4.69) is 17.1 Å². The fourth-order valence-electron chi connectivity index (χ4n) is 1.79. The van der Waals surface area contributed by atoms with E-state index in [1.807, 2.05) is 18.3 Å². The summed E-state index contributed by atoms with van der Waals surface area (Å²) < 4.78 is 0. The topological polar surface area (TPSA) is 65.6 Å². The van der Waals surface area contributed by atoms with Crippen molar-refractivity contribution in [3.05, 3.63) is 35.5 Å². The maximum Gasteiger partial charge on any atom is 0.0669 e. The van der Waals surface area contributed by atoms with E-state index in [4.69, 9.17) is 11.0 Å². The molecule has 0 fully saturated rings. The predicted molar refractivity (Wildman–Crippen MR) is 60.4 cm³/mol. The van der Waals surface area contributed by atoms with Crippen LogP contribution < -0.4 is 5.73 Å². The van der Waals surface area contributed by atoms with Crippen LogP contribution in [0.3, 0.4) is 0 Å². The Hall–Kier alpha value is -1.79. The molecule has 0 saturated carbocycles. The van der Waals surface area contributed by atoms with Crippen molar-refractivity contribution in [2.45, 2.75) is 12.8 Å². The molecular formula is C12H13N3. The molecule has 0 unspecified atom stereocenters. The van der Waals surface area contributed by atoms with Gasteiger partial charge in [0, 0.05) is 17.1 Å². The number of aromatic nitrogens is 1. The summed E-state index contributed by atoms with van der Waals surface area (Å²) in [5.41, 5.74) is 8.94. The van der Waals surface area contributed by atoms with Gasteiger partial charge in [-0.15, -0.1) is 0 Å². The van der Waals surface area contributed by atoms with Gasteiger partial charge in [0.25, 0.3) is 0 Å². The van der Waals surface area contributed by atoms with Crippen LogP contribution in [0.1, 0.15) is 11.1 Å². The Morgan fingerprint density at radius 2 is 2.27 bits per heavy atom. The van der Waals surface area contributed by atoms with E-state index in [0.717, 1.165) is 17.5 Å². The Morgan fingerprint density at radius 1 is 1.40 bits per heavy atom. The van der Waals surface area contributed by atoms with E-state index in [0.29, 0.717) is 13.0 Å². The molecule has 76 valence electrons. The van der Waals surface area contributed by atoms with Gasteiger partial charge in [-0.3, -0.25) is 0 Å². The van der Waals surface area contributed by atoms with E-state index in [-0.39, 0.29) is 0 Å². The van der Waals surface area contributed by atoms with Crippen molar-refractivity contribution < 1.29 is 0 Å². The minimum absolute atomic E-state index is 0.461. The lowest BCUT2D eigenvalue weighted by Gasteiger charge is -1.98. The third-order valence-electron chi connectivity index (χ3n) is 2.53. The van der Waals surface area contributed by atoms with Crippen molar-refractivity contribution in [2.24, 2.45) is 5.73 Å². The van der Waals surface area contributed by atoms with Crippen LogP contribution in [-0.4, -0.2) is 11.5 Å². The molecule has 3 nitrogen and oxygen atoms in total. The van der Waals surface area contributed by atoms with E-state index < -0.39 is 0 Å². The minimum Gasteiger partial charge on any atom is -0.361 e. The lowest BCUT2D eigenvalue weighted by molar-refractivity contribution is 0.976. The number of nitrogens with zero attached hydrogens (tertiary/aromatic N) is 1. The molecule has 0 saturated heterocycles. The van der Waals surface area contributed by atoms with E-state index in [9.17, 15) is 0 Å². The van der Waals surface area contributed by atoms with E-state index >= 15 is 0 Å². The number of hydrogen-bond donors (Lipinski definition) is 2. The highest BCUT2D eigenvalue weighted by Crippen LogP contribution is 2.20. The second kappa shape index (κ2) is 4.16. The van der Waals surface area contributed by atoms with Gasteiger partial charge in [-0.25, -0.2) is 0 Å². The molecule has 3 N–H and O–H groups in total. The molecule has 0 aliphatic heterocycles. The van der Waals surface area contributed by atoms with Gasteiger partial charge < -0.3 is 10.7 Å². The van der Waals surface area contributed by atoms with Gasteiger partial charge in [0.1, 0.15) is 0 Å².